The van der Waals surface area contributed by atoms with Crippen molar-refractivity contribution >= 4 is 0 Å². The largest absolute Gasteiger partial charge is 0.494 e. The zero-order chi connectivity index (χ0) is 17.2. The summed E-state index contributed by atoms with van der Waals surface area (Å²) < 4.78 is 19.2. The van der Waals surface area contributed by atoms with Crippen molar-refractivity contribution in [1.29, 1.82) is 0 Å². The van der Waals surface area contributed by atoms with E-state index in [0.29, 0.717) is 6.54 Å². The van der Waals surface area contributed by atoms with Crippen LogP contribution in [-0.4, -0.2) is 13.2 Å². The first-order valence-electron chi connectivity index (χ1n) is 8.90. The van der Waals surface area contributed by atoms with Crippen LogP contribution >= 0.6 is 0 Å². The topological polar surface area (TPSA) is 35.2 Å². The highest BCUT2D eigenvalue weighted by molar-refractivity contribution is 5.30. The SMILES string of the molecule is CCCCCCOc1ccc(CC(CN)c2cccc(F)c2)cc1. The molecule has 2 rings (SSSR count). The van der Waals surface area contributed by atoms with E-state index >= 15 is 0 Å². The standard InChI is InChI=1S/C21H28FNO/c1-2-3-4-5-13-24-21-11-9-17(10-12-21)14-19(16-23)18-7-6-8-20(22)15-18/h6-12,15,19H,2-5,13-14,16,23H2,1H3. The molecule has 0 aliphatic carbocycles. The van der Waals surface area contributed by atoms with E-state index in [1.807, 2.05) is 18.2 Å². The van der Waals surface area contributed by atoms with Crippen molar-refractivity contribution in [3.05, 3.63) is 65.5 Å². The van der Waals surface area contributed by atoms with Crippen molar-refractivity contribution in [3.63, 3.8) is 0 Å². The summed E-state index contributed by atoms with van der Waals surface area (Å²) in [6, 6.07) is 14.9. The highest BCUT2D eigenvalue weighted by Gasteiger charge is 2.11. The van der Waals surface area contributed by atoms with Crippen molar-refractivity contribution < 1.29 is 9.13 Å². The normalized spacial score (nSPS) is 12.1. The third-order valence-corrected chi connectivity index (χ3v) is 4.28. The van der Waals surface area contributed by atoms with Crippen molar-refractivity contribution in [3.8, 4) is 5.75 Å². The van der Waals surface area contributed by atoms with Crippen molar-refractivity contribution in [2.75, 3.05) is 13.2 Å². The molecule has 0 radical (unpaired) electrons. The Hall–Kier alpha value is -1.87. The highest BCUT2D eigenvalue weighted by Crippen LogP contribution is 2.22. The number of rotatable bonds is 10. The minimum absolute atomic E-state index is 0.126. The van der Waals surface area contributed by atoms with E-state index < -0.39 is 0 Å². The second kappa shape index (κ2) is 10.1. The lowest BCUT2D eigenvalue weighted by Crippen LogP contribution is -2.15. The monoisotopic (exact) mass is 329 g/mol. The van der Waals surface area contributed by atoms with Gasteiger partial charge in [-0.3, -0.25) is 0 Å². The molecule has 130 valence electrons. The van der Waals surface area contributed by atoms with Crippen LogP contribution < -0.4 is 10.5 Å². The molecule has 0 spiro atoms. The first-order valence-corrected chi connectivity index (χ1v) is 8.90. The van der Waals surface area contributed by atoms with Crippen LogP contribution in [0.4, 0.5) is 4.39 Å². The zero-order valence-electron chi connectivity index (χ0n) is 14.5. The third kappa shape index (κ3) is 5.97. The van der Waals surface area contributed by atoms with Gasteiger partial charge in [0.25, 0.3) is 0 Å². The first kappa shape index (κ1) is 18.5. The average molecular weight is 329 g/mol. The molecule has 2 N–H and O–H groups in total. The van der Waals surface area contributed by atoms with Gasteiger partial charge in [0, 0.05) is 5.92 Å². The molecule has 0 saturated carbocycles. The van der Waals surface area contributed by atoms with E-state index in [0.717, 1.165) is 30.8 Å². The fourth-order valence-corrected chi connectivity index (χ4v) is 2.82. The number of benzene rings is 2. The van der Waals surface area contributed by atoms with Gasteiger partial charge in [0.05, 0.1) is 6.61 Å². The molecule has 1 unspecified atom stereocenters. The second-order valence-electron chi connectivity index (χ2n) is 6.24. The maximum absolute atomic E-state index is 13.4. The summed E-state index contributed by atoms with van der Waals surface area (Å²) >= 11 is 0. The van der Waals surface area contributed by atoms with Crippen molar-refractivity contribution in [2.24, 2.45) is 5.73 Å². The van der Waals surface area contributed by atoms with Gasteiger partial charge in [0.15, 0.2) is 0 Å². The molecule has 1 atom stereocenters. The van der Waals surface area contributed by atoms with Gasteiger partial charge in [0.2, 0.25) is 0 Å². The summed E-state index contributed by atoms with van der Waals surface area (Å²) in [5.74, 6) is 0.824. The molecule has 24 heavy (non-hydrogen) atoms. The summed E-state index contributed by atoms with van der Waals surface area (Å²) in [5, 5.41) is 0. The zero-order valence-corrected chi connectivity index (χ0v) is 14.5. The third-order valence-electron chi connectivity index (χ3n) is 4.28. The van der Waals surface area contributed by atoms with E-state index in [2.05, 4.69) is 19.1 Å². The number of unbranched alkanes of at least 4 members (excludes halogenated alkanes) is 3. The number of hydrogen-bond acceptors (Lipinski definition) is 2. The summed E-state index contributed by atoms with van der Waals surface area (Å²) in [4.78, 5) is 0. The minimum atomic E-state index is -0.210. The van der Waals surface area contributed by atoms with E-state index in [9.17, 15) is 4.39 Å². The predicted molar refractivity (Wildman–Crippen MR) is 98.0 cm³/mol. The Bertz CT molecular complexity index is 597. The maximum atomic E-state index is 13.4. The Labute approximate surface area is 144 Å². The molecule has 0 aliphatic heterocycles. The van der Waals surface area contributed by atoms with Gasteiger partial charge in [-0.2, -0.15) is 0 Å². The highest BCUT2D eigenvalue weighted by atomic mass is 19.1. The van der Waals surface area contributed by atoms with E-state index in [-0.39, 0.29) is 11.7 Å². The molecule has 2 aromatic carbocycles. The molecular formula is C21H28FNO. The van der Waals surface area contributed by atoms with Gasteiger partial charge < -0.3 is 10.5 Å². The van der Waals surface area contributed by atoms with Crippen LogP contribution in [-0.2, 0) is 6.42 Å². The summed E-state index contributed by atoms with van der Waals surface area (Å²) in [7, 11) is 0. The van der Waals surface area contributed by atoms with E-state index in [4.69, 9.17) is 10.5 Å². The van der Waals surface area contributed by atoms with Gasteiger partial charge >= 0.3 is 0 Å². The predicted octanol–water partition coefficient (Wildman–Crippen LogP) is 5.07. The quantitative estimate of drug-likeness (QED) is 0.618. The van der Waals surface area contributed by atoms with Crippen molar-refractivity contribution in [2.45, 2.75) is 44.9 Å². The van der Waals surface area contributed by atoms with Crippen LogP contribution in [0.15, 0.2) is 48.5 Å². The van der Waals surface area contributed by atoms with E-state index in [1.165, 1.54) is 30.9 Å². The van der Waals surface area contributed by atoms with E-state index in [1.54, 1.807) is 12.1 Å². The fraction of sp³-hybridized carbons (Fsp3) is 0.429. The van der Waals surface area contributed by atoms with Crippen LogP contribution in [0.2, 0.25) is 0 Å². The van der Waals surface area contributed by atoms with Crippen LogP contribution in [0.25, 0.3) is 0 Å². The van der Waals surface area contributed by atoms with Gasteiger partial charge in [-0.1, -0.05) is 50.5 Å². The lowest BCUT2D eigenvalue weighted by Gasteiger charge is -2.16. The van der Waals surface area contributed by atoms with Crippen molar-refractivity contribution in [1.82, 2.24) is 0 Å². The number of halogens is 1. The lowest BCUT2D eigenvalue weighted by atomic mass is 9.92. The first-order chi connectivity index (χ1) is 11.7. The molecular weight excluding hydrogens is 301 g/mol. The Kier molecular flexibility index (Phi) is 7.76. The van der Waals surface area contributed by atoms with Crippen LogP contribution in [0.5, 0.6) is 5.75 Å². The molecule has 0 aromatic heterocycles. The number of nitrogens with two attached hydrogens (primary N) is 1. The summed E-state index contributed by atoms with van der Waals surface area (Å²) in [6.07, 6.45) is 5.63. The Morgan fingerprint density at radius 1 is 1.04 bits per heavy atom. The Morgan fingerprint density at radius 3 is 2.50 bits per heavy atom. The molecule has 0 saturated heterocycles. The summed E-state index contributed by atoms with van der Waals surface area (Å²) in [6.45, 7) is 3.48. The Morgan fingerprint density at radius 2 is 1.83 bits per heavy atom. The van der Waals surface area contributed by atoms with Gasteiger partial charge in [0.1, 0.15) is 11.6 Å². The molecule has 2 aromatic rings. The molecule has 0 bridgehead atoms. The number of ether oxygens (including phenoxy) is 1. The minimum Gasteiger partial charge on any atom is -0.494 e. The van der Waals surface area contributed by atoms with Gasteiger partial charge in [-0.05, 0) is 54.8 Å². The molecule has 0 aliphatic rings. The molecule has 0 amide bonds. The summed E-state index contributed by atoms with van der Waals surface area (Å²) in [5.41, 5.74) is 8.03. The smallest absolute Gasteiger partial charge is 0.123 e. The van der Waals surface area contributed by atoms with Crippen LogP contribution in [0.1, 0.15) is 49.7 Å². The van der Waals surface area contributed by atoms with Gasteiger partial charge in [-0.25, -0.2) is 4.39 Å². The average Bonchev–Trinajstić information content (AvgIpc) is 2.60. The van der Waals surface area contributed by atoms with Gasteiger partial charge in [-0.15, -0.1) is 0 Å². The molecule has 0 heterocycles. The molecule has 3 heteroatoms. The van der Waals surface area contributed by atoms with Crippen LogP contribution in [0, 0.1) is 5.82 Å². The Balaban J connectivity index is 1.88. The molecule has 0 fully saturated rings. The maximum Gasteiger partial charge on any atom is 0.123 e. The molecule has 2 nitrogen and oxygen atoms in total. The fourth-order valence-electron chi connectivity index (χ4n) is 2.82. The lowest BCUT2D eigenvalue weighted by molar-refractivity contribution is 0.305. The second-order valence-corrected chi connectivity index (χ2v) is 6.24. The number of hydrogen-bond donors (Lipinski definition) is 1. The van der Waals surface area contributed by atoms with Crippen LogP contribution in [0.3, 0.4) is 0 Å².